The molecule has 0 radical (unpaired) electrons. The summed E-state index contributed by atoms with van der Waals surface area (Å²) < 4.78 is 10.3. The fraction of sp³-hybridized carbons (Fsp3) is 0.923. The summed E-state index contributed by atoms with van der Waals surface area (Å²) in [4.78, 5) is 11.4. The molecule has 94 valence electrons. The zero-order chi connectivity index (χ0) is 12.6. The molecule has 3 nitrogen and oxygen atoms in total. The Hall–Kier alpha value is -0.730. The Labute approximate surface area is 98.5 Å². The number of carbonyl (C=O) groups is 1. The van der Waals surface area contributed by atoms with Gasteiger partial charge < -0.3 is 9.47 Å². The molecule has 0 saturated heterocycles. The van der Waals surface area contributed by atoms with Gasteiger partial charge in [0.15, 0.2) is 0 Å². The van der Waals surface area contributed by atoms with Crippen LogP contribution in [0.4, 0.5) is 4.79 Å². The maximum absolute atomic E-state index is 11.4. The van der Waals surface area contributed by atoms with Crippen LogP contribution < -0.4 is 0 Å². The van der Waals surface area contributed by atoms with Crippen molar-refractivity contribution >= 4 is 6.16 Å². The van der Waals surface area contributed by atoms with Crippen LogP contribution in [-0.4, -0.2) is 18.9 Å². The van der Waals surface area contributed by atoms with Crippen molar-refractivity contribution in [2.45, 2.75) is 54.1 Å². The molecule has 1 aliphatic carbocycles. The van der Waals surface area contributed by atoms with Gasteiger partial charge in [-0.2, -0.15) is 0 Å². The van der Waals surface area contributed by atoms with Crippen LogP contribution in [-0.2, 0) is 9.47 Å². The average Bonchev–Trinajstić information content (AvgIpc) is 2.28. The topological polar surface area (TPSA) is 35.5 Å². The van der Waals surface area contributed by atoms with E-state index in [1.165, 1.54) is 0 Å². The minimum Gasteiger partial charge on any atom is -0.435 e. The van der Waals surface area contributed by atoms with Crippen LogP contribution in [0.3, 0.4) is 0 Å². The van der Waals surface area contributed by atoms with Crippen LogP contribution in [0.25, 0.3) is 0 Å². The molecule has 2 unspecified atom stereocenters. The molecule has 0 heterocycles. The standard InChI is InChI=1S/C13H24O3/c1-7-15-11(14)16-10-8-9(2)12(3,4)13(10,5)6/h9-10H,7-8H2,1-6H3. The van der Waals surface area contributed by atoms with Crippen LogP contribution in [0.15, 0.2) is 0 Å². The van der Waals surface area contributed by atoms with Crippen LogP contribution in [0.5, 0.6) is 0 Å². The van der Waals surface area contributed by atoms with Gasteiger partial charge in [-0.1, -0.05) is 34.6 Å². The molecule has 0 aromatic heterocycles. The van der Waals surface area contributed by atoms with Crippen LogP contribution in [0.2, 0.25) is 0 Å². The lowest BCUT2D eigenvalue weighted by Gasteiger charge is -2.40. The third-order valence-electron chi connectivity index (χ3n) is 4.77. The summed E-state index contributed by atoms with van der Waals surface area (Å²) in [6, 6.07) is 0. The quantitative estimate of drug-likeness (QED) is 0.677. The number of hydrogen-bond donors (Lipinski definition) is 0. The Morgan fingerprint density at radius 2 is 1.81 bits per heavy atom. The molecule has 0 N–H and O–H groups in total. The molecular formula is C13H24O3. The lowest BCUT2D eigenvalue weighted by Crippen LogP contribution is -2.38. The molecular weight excluding hydrogens is 204 g/mol. The molecule has 1 saturated carbocycles. The summed E-state index contributed by atoms with van der Waals surface area (Å²) in [5, 5.41) is 0. The molecule has 1 fully saturated rings. The van der Waals surface area contributed by atoms with Crippen molar-refractivity contribution < 1.29 is 14.3 Å². The van der Waals surface area contributed by atoms with E-state index in [1.807, 2.05) is 0 Å². The molecule has 0 amide bonds. The maximum Gasteiger partial charge on any atom is 0.508 e. The van der Waals surface area contributed by atoms with E-state index >= 15 is 0 Å². The second-order valence-electron chi connectivity index (χ2n) is 5.87. The van der Waals surface area contributed by atoms with E-state index in [9.17, 15) is 4.79 Å². The molecule has 1 aliphatic rings. The number of ether oxygens (including phenoxy) is 2. The van der Waals surface area contributed by atoms with Gasteiger partial charge in [-0.05, 0) is 24.7 Å². The van der Waals surface area contributed by atoms with Crippen molar-refractivity contribution in [2.75, 3.05) is 6.61 Å². The van der Waals surface area contributed by atoms with Gasteiger partial charge in [0, 0.05) is 5.41 Å². The summed E-state index contributed by atoms with van der Waals surface area (Å²) in [5.74, 6) is 0.543. The van der Waals surface area contributed by atoms with Crippen molar-refractivity contribution in [2.24, 2.45) is 16.7 Å². The van der Waals surface area contributed by atoms with Gasteiger partial charge in [0.05, 0.1) is 6.61 Å². The van der Waals surface area contributed by atoms with Gasteiger partial charge in [-0.3, -0.25) is 0 Å². The second kappa shape index (κ2) is 4.27. The fourth-order valence-electron chi connectivity index (χ4n) is 2.42. The Bertz CT molecular complexity index is 268. The van der Waals surface area contributed by atoms with Gasteiger partial charge in [-0.25, -0.2) is 4.79 Å². The summed E-state index contributed by atoms with van der Waals surface area (Å²) in [6.45, 7) is 13.2. The van der Waals surface area contributed by atoms with Crippen molar-refractivity contribution in [3.05, 3.63) is 0 Å². The molecule has 0 aromatic rings. The first-order valence-corrected chi connectivity index (χ1v) is 6.07. The van der Waals surface area contributed by atoms with E-state index < -0.39 is 6.16 Å². The van der Waals surface area contributed by atoms with Crippen molar-refractivity contribution in [1.29, 1.82) is 0 Å². The van der Waals surface area contributed by atoms with E-state index in [2.05, 4.69) is 34.6 Å². The van der Waals surface area contributed by atoms with E-state index in [4.69, 9.17) is 9.47 Å². The number of hydrogen-bond acceptors (Lipinski definition) is 3. The van der Waals surface area contributed by atoms with Gasteiger partial charge in [0.25, 0.3) is 0 Å². The molecule has 0 spiro atoms. The highest BCUT2D eigenvalue weighted by atomic mass is 16.7. The SMILES string of the molecule is CCOC(=O)OC1CC(C)C(C)(C)C1(C)C. The fourth-order valence-corrected chi connectivity index (χ4v) is 2.42. The highest BCUT2D eigenvalue weighted by Gasteiger charge is 2.54. The lowest BCUT2D eigenvalue weighted by atomic mass is 9.67. The number of carbonyl (C=O) groups excluding carboxylic acids is 1. The van der Waals surface area contributed by atoms with E-state index in [0.717, 1.165) is 6.42 Å². The molecule has 2 atom stereocenters. The minimum absolute atomic E-state index is 0.0147. The third kappa shape index (κ3) is 2.04. The molecule has 0 bridgehead atoms. The van der Waals surface area contributed by atoms with Gasteiger partial charge in [-0.15, -0.1) is 0 Å². The van der Waals surface area contributed by atoms with Gasteiger partial charge >= 0.3 is 6.16 Å². The second-order valence-corrected chi connectivity index (χ2v) is 5.87. The summed E-state index contributed by atoms with van der Waals surface area (Å²) in [6.07, 6.45) is 0.334. The average molecular weight is 228 g/mol. The zero-order valence-corrected chi connectivity index (χ0v) is 11.3. The highest BCUT2D eigenvalue weighted by molar-refractivity contribution is 5.60. The molecule has 3 heteroatoms. The highest BCUT2D eigenvalue weighted by Crippen LogP contribution is 2.56. The van der Waals surface area contributed by atoms with E-state index in [0.29, 0.717) is 12.5 Å². The molecule has 0 aliphatic heterocycles. The molecule has 0 aromatic carbocycles. The molecule has 1 rings (SSSR count). The van der Waals surface area contributed by atoms with E-state index in [-0.39, 0.29) is 16.9 Å². The smallest absolute Gasteiger partial charge is 0.435 e. The Morgan fingerprint density at radius 3 is 2.19 bits per heavy atom. The minimum atomic E-state index is -0.537. The van der Waals surface area contributed by atoms with E-state index in [1.54, 1.807) is 6.92 Å². The van der Waals surface area contributed by atoms with Crippen molar-refractivity contribution in [3.63, 3.8) is 0 Å². The van der Waals surface area contributed by atoms with Crippen LogP contribution in [0, 0.1) is 16.7 Å². The Kier molecular flexibility index (Phi) is 3.56. The normalized spacial score (nSPS) is 31.1. The lowest BCUT2D eigenvalue weighted by molar-refractivity contribution is -0.0322. The monoisotopic (exact) mass is 228 g/mol. The summed E-state index contributed by atoms with van der Waals surface area (Å²) in [7, 11) is 0. The number of rotatable bonds is 2. The predicted octanol–water partition coefficient (Wildman–Crippen LogP) is 3.62. The molecule has 16 heavy (non-hydrogen) atoms. The van der Waals surface area contributed by atoms with Crippen LogP contribution in [0.1, 0.15) is 48.0 Å². The first-order chi connectivity index (χ1) is 7.23. The maximum atomic E-state index is 11.4. The third-order valence-corrected chi connectivity index (χ3v) is 4.77. The first-order valence-electron chi connectivity index (χ1n) is 6.07. The van der Waals surface area contributed by atoms with Crippen molar-refractivity contribution in [1.82, 2.24) is 0 Å². The Balaban J connectivity index is 2.74. The van der Waals surface area contributed by atoms with Crippen LogP contribution >= 0.6 is 0 Å². The Morgan fingerprint density at radius 1 is 1.25 bits per heavy atom. The van der Waals surface area contributed by atoms with Crippen molar-refractivity contribution in [3.8, 4) is 0 Å². The summed E-state index contributed by atoms with van der Waals surface area (Å²) in [5.41, 5.74) is 0.156. The predicted molar refractivity (Wildman–Crippen MR) is 63.2 cm³/mol. The van der Waals surface area contributed by atoms with Gasteiger partial charge in [0.1, 0.15) is 6.10 Å². The zero-order valence-electron chi connectivity index (χ0n) is 11.3. The first kappa shape index (κ1) is 13.3. The van der Waals surface area contributed by atoms with Gasteiger partial charge in [0.2, 0.25) is 0 Å². The largest absolute Gasteiger partial charge is 0.508 e. The summed E-state index contributed by atoms with van der Waals surface area (Å²) >= 11 is 0.